The molecule has 0 spiro atoms. The minimum absolute atomic E-state index is 0.000470. The largest absolute Gasteiger partial charge is 0.347 e. The number of amidine groups is 1. The molecule has 2 atom stereocenters. The Bertz CT molecular complexity index is 804. The standard InChI is InChI=1S/C22H30FN5O/c1-2-3-4-5-6-21-26-11-12-28(21)15-17-8-7-16(13-20(17)23)22(25)27-29-19-10-9-18(24)14-19/h4-8,11-13,18-19,26H,2-3,9-10,14-15,24H2,1H3,(H2,25,27)/b5-4-,21-6+. The lowest BCUT2D eigenvalue weighted by atomic mass is 10.1. The van der Waals surface area contributed by atoms with Crippen molar-refractivity contribution in [1.29, 1.82) is 5.41 Å². The van der Waals surface area contributed by atoms with Crippen LogP contribution >= 0.6 is 0 Å². The summed E-state index contributed by atoms with van der Waals surface area (Å²) in [5, 5.41) is 11.3. The normalized spacial score (nSPS) is 22.6. The summed E-state index contributed by atoms with van der Waals surface area (Å²) >= 11 is 0. The van der Waals surface area contributed by atoms with E-state index in [1.165, 1.54) is 6.07 Å². The van der Waals surface area contributed by atoms with Gasteiger partial charge < -0.3 is 16.0 Å². The van der Waals surface area contributed by atoms with Crippen LogP contribution < -0.4 is 16.5 Å². The Kier molecular flexibility index (Phi) is 7.43. The smallest absolute Gasteiger partial charge is 0.149 e. The number of allylic oxidation sites excluding steroid dienone is 3. The summed E-state index contributed by atoms with van der Waals surface area (Å²) in [5.74, 6) is 0.594. The predicted molar refractivity (Wildman–Crippen MR) is 113 cm³/mol. The average molecular weight is 400 g/mol. The molecule has 2 unspecified atom stereocenters. The van der Waals surface area contributed by atoms with Crippen molar-refractivity contribution in [2.24, 2.45) is 5.73 Å². The maximum absolute atomic E-state index is 14.6. The molecule has 1 fully saturated rings. The zero-order chi connectivity index (χ0) is 20.6. The molecular weight excluding hydrogens is 369 g/mol. The first-order valence-electron chi connectivity index (χ1n) is 10.2. The van der Waals surface area contributed by atoms with Crippen LogP contribution in [-0.2, 0) is 11.4 Å². The number of unbranched alkanes of at least 4 members (excludes halogenated alkanes) is 1. The molecule has 2 aliphatic rings. The van der Waals surface area contributed by atoms with Gasteiger partial charge in [-0.3, -0.25) is 10.2 Å². The second-order valence-electron chi connectivity index (χ2n) is 7.45. The number of hydrogen-bond acceptors (Lipinski definition) is 5. The minimum atomic E-state index is -0.349. The number of hydrogen-bond donors (Lipinski definition) is 4. The topological polar surface area (TPSA) is 86.4 Å². The van der Waals surface area contributed by atoms with Crippen molar-refractivity contribution in [3.05, 3.63) is 71.6 Å². The first kappa shape index (κ1) is 21.1. The number of benzene rings is 1. The molecule has 1 aliphatic carbocycles. The summed E-state index contributed by atoms with van der Waals surface area (Å²) in [6, 6.07) is 4.97. The minimum Gasteiger partial charge on any atom is -0.347 e. The Morgan fingerprint density at radius 2 is 2.31 bits per heavy atom. The van der Waals surface area contributed by atoms with Crippen molar-refractivity contribution < 1.29 is 9.23 Å². The third-order valence-corrected chi connectivity index (χ3v) is 5.08. The maximum atomic E-state index is 14.6. The van der Waals surface area contributed by atoms with Gasteiger partial charge in [-0.25, -0.2) is 9.87 Å². The number of nitrogens with one attached hydrogen (secondary N) is 3. The van der Waals surface area contributed by atoms with E-state index >= 15 is 0 Å². The zero-order valence-electron chi connectivity index (χ0n) is 16.8. The first-order valence-corrected chi connectivity index (χ1v) is 10.2. The highest BCUT2D eigenvalue weighted by Crippen LogP contribution is 2.20. The summed E-state index contributed by atoms with van der Waals surface area (Å²) < 4.78 is 14.6. The molecule has 3 rings (SSSR count). The van der Waals surface area contributed by atoms with Gasteiger partial charge in [0.1, 0.15) is 17.5 Å². The fourth-order valence-corrected chi connectivity index (χ4v) is 3.38. The van der Waals surface area contributed by atoms with Crippen LogP contribution in [0.3, 0.4) is 0 Å². The molecule has 156 valence electrons. The van der Waals surface area contributed by atoms with Crippen molar-refractivity contribution in [2.45, 2.75) is 57.7 Å². The monoisotopic (exact) mass is 399 g/mol. The lowest BCUT2D eigenvalue weighted by molar-refractivity contribution is 0.0141. The zero-order valence-corrected chi connectivity index (χ0v) is 16.8. The molecule has 5 N–H and O–H groups in total. The van der Waals surface area contributed by atoms with Crippen LogP contribution in [0.2, 0.25) is 0 Å². The van der Waals surface area contributed by atoms with Crippen molar-refractivity contribution in [2.75, 3.05) is 0 Å². The molecule has 6 nitrogen and oxygen atoms in total. The van der Waals surface area contributed by atoms with Crippen molar-refractivity contribution in [1.82, 2.24) is 15.7 Å². The third kappa shape index (κ3) is 5.92. The fraction of sp³-hybridized carbons (Fsp3) is 0.409. The summed E-state index contributed by atoms with van der Waals surface area (Å²) in [7, 11) is 0. The van der Waals surface area contributed by atoms with Crippen molar-refractivity contribution in [3.8, 4) is 0 Å². The van der Waals surface area contributed by atoms with E-state index in [9.17, 15) is 4.39 Å². The van der Waals surface area contributed by atoms with Gasteiger partial charge in [0.15, 0.2) is 0 Å². The molecule has 0 aromatic heterocycles. The molecule has 1 aliphatic heterocycles. The lowest BCUT2D eigenvalue weighted by Gasteiger charge is -2.19. The van der Waals surface area contributed by atoms with Gasteiger partial charge in [0.25, 0.3) is 0 Å². The van der Waals surface area contributed by atoms with E-state index in [-0.39, 0.29) is 23.8 Å². The molecule has 0 bridgehead atoms. The van der Waals surface area contributed by atoms with Gasteiger partial charge >= 0.3 is 0 Å². The molecule has 1 heterocycles. The molecule has 1 aromatic rings. The maximum Gasteiger partial charge on any atom is 0.149 e. The van der Waals surface area contributed by atoms with Gasteiger partial charge in [-0.1, -0.05) is 37.6 Å². The second-order valence-corrected chi connectivity index (χ2v) is 7.45. The molecule has 0 saturated heterocycles. The van der Waals surface area contributed by atoms with Crippen LogP contribution in [0.4, 0.5) is 4.39 Å². The Labute approximate surface area is 171 Å². The predicted octanol–water partition coefficient (Wildman–Crippen LogP) is 3.63. The molecule has 0 radical (unpaired) electrons. The summed E-state index contributed by atoms with van der Waals surface area (Å²) in [4.78, 5) is 7.47. The summed E-state index contributed by atoms with van der Waals surface area (Å²) in [6.07, 6.45) is 14.5. The number of nitrogens with zero attached hydrogens (tertiary/aromatic N) is 1. The lowest BCUT2D eigenvalue weighted by Crippen LogP contribution is -2.29. The molecule has 1 aromatic carbocycles. The number of halogens is 1. The average Bonchev–Trinajstić information content (AvgIpc) is 3.33. The van der Waals surface area contributed by atoms with E-state index in [2.05, 4.69) is 23.8 Å². The Hall–Kier alpha value is -2.64. The SMILES string of the molecule is CCC/C=C\C=C1/NC=CN1Cc1ccc(C(=N)NOC2CCC(N)C2)cc1F. The van der Waals surface area contributed by atoms with E-state index in [4.69, 9.17) is 16.0 Å². The fourth-order valence-electron chi connectivity index (χ4n) is 3.38. The van der Waals surface area contributed by atoms with Gasteiger partial charge in [-0.05, 0) is 37.8 Å². The quantitative estimate of drug-likeness (QED) is 0.305. The van der Waals surface area contributed by atoms with Gasteiger partial charge in [0, 0.05) is 29.6 Å². The van der Waals surface area contributed by atoms with Crippen LogP contribution in [-0.4, -0.2) is 22.9 Å². The first-order chi connectivity index (χ1) is 14.1. The van der Waals surface area contributed by atoms with E-state index in [1.54, 1.807) is 12.1 Å². The number of nitrogens with two attached hydrogens (primary N) is 1. The number of rotatable bonds is 8. The van der Waals surface area contributed by atoms with Gasteiger partial charge in [0.05, 0.1) is 12.6 Å². The summed E-state index contributed by atoms with van der Waals surface area (Å²) in [6.45, 7) is 2.54. The molecule has 1 saturated carbocycles. The van der Waals surface area contributed by atoms with E-state index in [0.717, 1.165) is 37.9 Å². The molecule has 29 heavy (non-hydrogen) atoms. The van der Waals surface area contributed by atoms with E-state index in [0.29, 0.717) is 17.7 Å². The Morgan fingerprint density at radius 1 is 1.45 bits per heavy atom. The van der Waals surface area contributed by atoms with Crippen molar-refractivity contribution >= 4 is 5.84 Å². The van der Waals surface area contributed by atoms with Gasteiger partial charge in [-0.2, -0.15) is 0 Å². The Morgan fingerprint density at radius 3 is 3.03 bits per heavy atom. The third-order valence-electron chi connectivity index (χ3n) is 5.08. The highest BCUT2D eigenvalue weighted by Gasteiger charge is 2.23. The summed E-state index contributed by atoms with van der Waals surface area (Å²) in [5.41, 5.74) is 9.50. The highest BCUT2D eigenvalue weighted by molar-refractivity contribution is 5.95. The molecular formula is C22H30FN5O. The number of hydroxylamine groups is 1. The van der Waals surface area contributed by atoms with Crippen molar-refractivity contribution in [3.63, 3.8) is 0 Å². The van der Waals surface area contributed by atoms with Crippen LogP contribution in [0.25, 0.3) is 0 Å². The Balaban J connectivity index is 1.57. The molecule has 7 heteroatoms. The molecule has 0 amide bonds. The second kappa shape index (κ2) is 10.2. The highest BCUT2D eigenvalue weighted by atomic mass is 19.1. The van der Waals surface area contributed by atoms with Crippen LogP contribution in [0.15, 0.2) is 54.6 Å². The van der Waals surface area contributed by atoms with Crippen LogP contribution in [0, 0.1) is 11.2 Å². The van der Waals surface area contributed by atoms with Crippen LogP contribution in [0.5, 0.6) is 0 Å². The van der Waals surface area contributed by atoms with Gasteiger partial charge in [-0.15, -0.1) is 0 Å². The van der Waals surface area contributed by atoms with Gasteiger partial charge in [0.2, 0.25) is 0 Å². The van der Waals surface area contributed by atoms with E-state index in [1.807, 2.05) is 29.5 Å². The van der Waals surface area contributed by atoms with E-state index < -0.39 is 0 Å². The van der Waals surface area contributed by atoms with Crippen LogP contribution in [0.1, 0.15) is 50.2 Å².